The predicted octanol–water partition coefficient (Wildman–Crippen LogP) is 0.313. The molecule has 0 aliphatic carbocycles. The van der Waals surface area contributed by atoms with E-state index in [1.54, 1.807) is 17.5 Å². The zero-order chi connectivity index (χ0) is 11.3. The van der Waals surface area contributed by atoms with Crippen molar-refractivity contribution in [1.82, 2.24) is 5.32 Å². The van der Waals surface area contributed by atoms with Gasteiger partial charge in [-0.15, -0.1) is 11.3 Å². The number of rotatable bonds is 5. The van der Waals surface area contributed by atoms with Gasteiger partial charge in [-0.1, -0.05) is 6.07 Å². The molecule has 1 amide bonds. The first-order valence-electron chi connectivity index (χ1n) is 4.33. The second kappa shape index (κ2) is 5.47. The molecule has 0 saturated carbocycles. The van der Waals surface area contributed by atoms with Crippen LogP contribution >= 0.6 is 11.3 Å². The molecule has 6 heteroatoms. The maximum atomic E-state index is 11.4. The molecular formula is C9H11NO4S. The highest BCUT2D eigenvalue weighted by Gasteiger charge is 2.20. The number of carbonyl (C=O) groups excluding carboxylic acids is 1. The summed E-state index contributed by atoms with van der Waals surface area (Å²) in [5.74, 6) is -1.57. The van der Waals surface area contributed by atoms with Gasteiger partial charge in [0, 0.05) is 13.0 Å². The number of amides is 1. The van der Waals surface area contributed by atoms with Crippen LogP contribution in [0.25, 0.3) is 0 Å². The molecule has 1 atom stereocenters. The van der Waals surface area contributed by atoms with Gasteiger partial charge in [-0.3, -0.25) is 4.79 Å². The smallest absolute Gasteiger partial charge is 0.326 e. The van der Waals surface area contributed by atoms with Crippen LogP contribution in [0.3, 0.4) is 0 Å². The molecule has 0 spiro atoms. The van der Waals surface area contributed by atoms with E-state index < -0.39 is 17.9 Å². The Morgan fingerprint density at radius 1 is 1.53 bits per heavy atom. The molecule has 0 aliphatic heterocycles. The van der Waals surface area contributed by atoms with E-state index in [9.17, 15) is 9.59 Å². The van der Waals surface area contributed by atoms with E-state index in [0.29, 0.717) is 4.88 Å². The fraction of sp³-hybridized carbons (Fsp3) is 0.333. The van der Waals surface area contributed by atoms with Crippen LogP contribution in [-0.2, 0) is 4.79 Å². The van der Waals surface area contributed by atoms with Crippen molar-refractivity contribution in [2.45, 2.75) is 12.5 Å². The number of carbonyl (C=O) groups is 2. The molecule has 1 aromatic rings. The summed E-state index contributed by atoms with van der Waals surface area (Å²) in [4.78, 5) is 22.6. The highest BCUT2D eigenvalue weighted by molar-refractivity contribution is 7.12. The van der Waals surface area contributed by atoms with Crippen molar-refractivity contribution in [3.8, 4) is 0 Å². The molecule has 1 heterocycles. The van der Waals surface area contributed by atoms with Crippen molar-refractivity contribution >= 4 is 23.2 Å². The molecule has 3 N–H and O–H groups in total. The second-order valence-corrected chi connectivity index (χ2v) is 3.80. The van der Waals surface area contributed by atoms with Crippen molar-refractivity contribution < 1.29 is 19.8 Å². The summed E-state index contributed by atoms with van der Waals surface area (Å²) in [5, 5.41) is 21.4. The highest BCUT2D eigenvalue weighted by Crippen LogP contribution is 2.08. The minimum atomic E-state index is -1.14. The van der Waals surface area contributed by atoms with E-state index in [1.807, 2.05) is 0 Å². The van der Waals surface area contributed by atoms with E-state index >= 15 is 0 Å². The second-order valence-electron chi connectivity index (χ2n) is 2.85. The number of nitrogens with one attached hydrogen (secondary N) is 1. The normalized spacial score (nSPS) is 12.1. The Kier molecular flexibility index (Phi) is 4.26. The van der Waals surface area contributed by atoms with Crippen molar-refractivity contribution in [2.75, 3.05) is 6.61 Å². The van der Waals surface area contributed by atoms with Gasteiger partial charge in [0.05, 0.1) is 4.88 Å². The molecule has 0 fully saturated rings. The Labute approximate surface area is 90.4 Å². The third kappa shape index (κ3) is 3.34. The number of aliphatic hydroxyl groups excluding tert-OH is 1. The van der Waals surface area contributed by atoms with Gasteiger partial charge in [-0.2, -0.15) is 0 Å². The topological polar surface area (TPSA) is 86.6 Å². The average molecular weight is 229 g/mol. The first-order valence-corrected chi connectivity index (χ1v) is 5.21. The molecule has 0 aliphatic rings. The lowest BCUT2D eigenvalue weighted by atomic mass is 10.2. The summed E-state index contributed by atoms with van der Waals surface area (Å²) in [6, 6.07) is 2.28. The minimum absolute atomic E-state index is 0.00640. The Morgan fingerprint density at radius 3 is 2.73 bits per heavy atom. The van der Waals surface area contributed by atoms with E-state index in [1.165, 1.54) is 11.3 Å². The summed E-state index contributed by atoms with van der Waals surface area (Å²) >= 11 is 1.24. The zero-order valence-electron chi connectivity index (χ0n) is 7.84. The van der Waals surface area contributed by atoms with Crippen molar-refractivity contribution in [3.63, 3.8) is 0 Å². The number of aliphatic carboxylic acids is 1. The maximum absolute atomic E-state index is 11.4. The van der Waals surface area contributed by atoms with Gasteiger partial charge in [0.25, 0.3) is 5.91 Å². The van der Waals surface area contributed by atoms with Gasteiger partial charge < -0.3 is 15.5 Å². The van der Waals surface area contributed by atoms with Crippen molar-refractivity contribution in [3.05, 3.63) is 22.4 Å². The van der Waals surface area contributed by atoms with Crippen molar-refractivity contribution in [2.24, 2.45) is 0 Å². The number of hydrogen-bond donors (Lipinski definition) is 3. The van der Waals surface area contributed by atoms with Crippen LogP contribution in [0, 0.1) is 0 Å². The predicted molar refractivity (Wildman–Crippen MR) is 54.9 cm³/mol. The Bertz CT molecular complexity index is 336. The number of hydrogen-bond acceptors (Lipinski definition) is 4. The van der Waals surface area contributed by atoms with Gasteiger partial charge in [-0.05, 0) is 11.4 Å². The third-order valence-corrected chi connectivity index (χ3v) is 2.63. The maximum Gasteiger partial charge on any atom is 0.326 e. The summed E-state index contributed by atoms with van der Waals surface area (Å²) in [6.45, 7) is -0.276. The summed E-state index contributed by atoms with van der Waals surface area (Å²) in [6.07, 6.45) is 0.00640. The van der Waals surface area contributed by atoms with Gasteiger partial charge >= 0.3 is 5.97 Å². The first kappa shape index (κ1) is 11.7. The lowest BCUT2D eigenvalue weighted by Gasteiger charge is -2.11. The molecule has 0 unspecified atom stereocenters. The van der Waals surface area contributed by atoms with Crippen LogP contribution in [0.4, 0.5) is 0 Å². The SMILES string of the molecule is O=C(N[C@H](CCO)C(=O)O)c1cccs1. The number of carboxylic acid groups (broad SMARTS) is 1. The third-order valence-electron chi connectivity index (χ3n) is 1.77. The van der Waals surface area contributed by atoms with Crippen LogP contribution in [0.15, 0.2) is 17.5 Å². The fourth-order valence-electron chi connectivity index (χ4n) is 1.02. The van der Waals surface area contributed by atoms with Crippen LogP contribution in [0.5, 0.6) is 0 Å². The Hall–Kier alpha value is -1.40. The van der Waals surface area contributed by atoms with E-state index in [-0.39, 0.29) is 13.0 Å². The number of thiophene rings is 1. The highest BCUT2D eigenvalue weighted by atomic mass is 32.1. The summed E-state index contributed by atoms with van der Waals surface area (Å²) < 4.78 is 0. The van der Waals surface area contributed by atoms with E-state index in [2.05, 4.69) is 5.32 Å². The average Bonchev–Trinajstić information content (AvgIpc) is 2.69. The molecule has 15 heavy (non-hydrogen) atoms. The van der Waals surface area contributed by atoms with E-state index in [4.69, 9.17) is 10.2 Å². The molecule has 0 radical (unpaired) electrons. The summed E-state index contributed by atoms with van der Waals surface area (Å²) in [5.41, 5.74) is 0. The van der Waals surface area contributed by atoms with Crippen LogP contribution in [0.2, 0.25) is 0 Å². The Balaban J connectivity index is 2.59. The first-order chi connectivity index (χ1) is 7.15. The molecule has 1 aromatic heterocycles. The number of carboxylic acids is 1. The van der Waals surface area contributed by atoms with Gasteiger partial charge in [0.2, 0.25) is 0 Å². The van der Waals surface area contributed by atoms with Gasteiger partial charge in [-0.25, -0.2) is 4.79 Å². The van der Waals surface area contributed by atoms with Crippen molar-refractivity contribution in [1.29, 1.82) is 0 Å². The van der Waals surface area contributed by atoms with Crippen LogP contribution in [0.1, 0.15) is 16.1 Å². The molecule has 0 bridgehead atoms. The monoisotopic (exact) mass is 229 g/mol. The largest absolute Gasteiger partial charge is 0.480 e. The Morgan fingerprint density at radius 2 is 2.27 bits per heavy atom. The van der Waals surface area contributed by atoms with Gasteiger partial charge in [0.15, 0.2) is 0 Å². The molecule has 1 rings (SSSR count). The van der Waals surface area contributed by atoms with Crippen LogP contribution in [-0.4, -0.2) is 34.7 Å². The lowest BCUT2D eigenvalue weighted by Crippen LogP contribution is -2.41. The standard InChI is InChI=1S/C9H11NO4S/c11-4-3-6(9(13)14)10-8(12)7-2-1-5-15-7/h1-2,5-6,11H,3-4H2,(H,10,12)(H,13,14)/t6-/m1/s1. The molecule has 5 nitrogen and oxygen atoms in total. The minimum Gasteiger partial charge on any atom is -0.480 e. The molecule has 82 valence electrons. The van der Waals surface area contributed by atoms with Gasteiger partial charge in [0.1, 0.15) is 6.04 Å². The lowest BCUT2D eigenvalue weighted by molar-refractivity contribution is -0.139. The zero-order valence-corrected chi connectivity index (χ0v) is 8.66. The quantitative estimate of drug-likeness (QED) is 0.678. The fourth-order valence-corrected chi connectivity index (χ4v) is 1.65. The van der Waals surface area contributed by atoms with Crippen LogP contribution < -0.4 is 5.32 Å². The van der Waals surface area contributed by atoms with E-state index in [0.717, 1.165) is 0 Å². The molecular weight excluding hydrogens is 218 g/mol. The molecule has 0 aromatic carbocycles. The number of aliphatic hydroxyl groups is 1. The molecule has 0 saturated heterocycles. The summed E-state index contributed by atoms with van der Waals surface area (Å²) in [7, 11) is 0.